The summed E-state index contributed by atoms with van der Waals surface area (Å²) in [6.45, 7) is 6.49. The summed E-state index contributed by atoms with van der Waals surface area (Å²) in [6.07, 6.45) is 2.80. The molecule has 8 heteroatoms. The lowest BCUT2D eigenvalue weighted by Gasteiger charge is -2.28. The van der Waals surface area contributed by atoms with E-state index in [0.717, 1.165) is 37.9 Å². The van der Waals surface area contributed by atoms with Crippen LogP contribution in [0.15, 0.2) is 39.9 Å². The highest BCUT2D eigenvalue weighted by molar-refractivity contribution is 5.82. The molecule has 8 nitrogen and oxygen atoms in total. The lowest BCUT2D eigenvalue weighted by atomic mass is 10.1. The summed E-state index contributed by atoms with van der Waals surface area (Å²) < 4.78 is 1.36. The summed E-state index contributed by atoms with van der Waals surface area (Å²) in [6, 6.07) is 9.44. The molecule has 30 heavy (non-hydrogen) atoms. The topological polar surface area (TPSA) is 104 Å². The Labute approximate surface area is 176 Å². The molecule has 1 fully saturated rings. The molecule has 0 unspecified atom stereocenters. The first-order chi connectivity index (χ1) is 14.4. The van der Waals surface area contributed by atoms with Crippen molar-refractivity contribution in [2.24, 2.45) is 5.92 Å². The predicted molar refractivity (Wildman–Crippen MR) is 119 cm³/mol. The van der Waals surface area contributed by atoms with Gasteiger partial charge in [-0.1, -0.05) is 44.2 Å². The average Bonchev–Trinajstić information content (AvgIpc) is 3.24. The van der Waals surface area contributed by atoms with Crippen molar-refractivity contribution in [1.29, 1.82) is 0 Å². The van der Waals surface area contributed by atoms with Crippen LogP contribution in [0.25, 0.3) is 0 Å². The van der Waals surface area contributed by atoms with Crippen LogP contribution in [0.1, 0.15) is 38.7 Å². The molecule has 2 heterocycles. The third-order valence-corrected chi connectivity index (χ3v) is 5.48. The van der Waals surface area contributed by atoms with Gasteiger partial charge in [0, 0.05) is 19.6 Å². The van der Waals surface area contributed by atoms with Crippen molar-refractivity contribution in [3.8, 4) is 0 Å². The van der Waals surface area contributed by atoms with E-state index in [-0.39, 0.29) is 30.5 Å². The van der Waals surface area contributed by atoms with E-state index >= 15 is 0 Å². The normalized spacial score (nSPS) is 13.8. The van der Waals surface area contributed by atoms with E-state index in [1.807, 2.05) is 35.2 Å². The van der Waals surface area contributed by atoms with Crippen LogP contribution in [0.5, 0.6) is 0 Å². The second-order valence-corrected chi connectivity index (χ2v) is 8.26. The quantitative estimate of drug-likeness (QED) is 0.685. The van der Waals surface area contributed by atoms with Gasteiger partial charge < -0.3 is 15.5 Å². The summed E-state index contributed by atoms with van der Waals surface area (Å²) in [7, 11) is 0. The van der Waals surface area contributed by atoms with Crippen molar-refractivity contribution >= 4 is 17.4 Å². The van der Waals surface area contributed by atoms with Crippen molar-refractivity contribution in [1.82, 2.24) is 14.5 Å². The third-order valence-electron chi connectivity index (χ3n) is 5.48. The first kappa shape index (κ1) is 21.7. The van der Waals surface area contributed by atoms with Gasteiger partial charge in [0.15, 0.2) is 0 Å². The number of hydrogen-bond acceptors (Lipinski definition) is 5. The summed E-state index contributed by atoms with van der Waals surface area (Å²) >= 11 is 0. The van der Waals surface area contributed by atoms with Gasteiger partial charge in [0.2, 0.25) is 5.91 Å². The van der Waals surface area contributed by atoms with Gasteiger partial charge in [0.1, 0.15) is 11.5 Å². The Hall–Kier alpha value is -3.03. The number of nitrogens with zero attached hydrogens (tertiary/aromatic N) is 3. The van der Waals surface area contributed by atoms with Crippen LogP contribution in [-0.2, 0) is 11.3 Å². The first-order valence-corrected chi connectivity index (χ1v) is 10.6. The fourth-order valence-electron chi connectivity index (χ4n) is 3.72. The molecule has 0 bridgehead atoms. The van der Waals surface area contributed by atoms with Crippen LogP contribution in [0.4, 0.5) is 11.5 Å². The van der Waals surface area contributed by atoms with Gasteiger partial charge >= 0.3 is 5.69 Å². The van der Waals surface area contributed by atoms with Crippen molar-refractivity contribution in [3.63, 3.8) is 0 Å². The maximum Gasteiger partial charge on any atom is 0.330 e. The summed E-state index contributed by atoms with van der Waals surface area (Å²) in [4.78, 5) is 44.0. The lowest BCUT2D eigenvalue weighted by molar-refractivity contribution is -0.128. The van der Waals surface area contributed by atoms with Crippen LogP contribution in [-0.4, -0.2) is 46.5 Å². The number of nitrogens with two attached hydrogens (primary N) is 1. The van der Waals surface area contributed by atoms with Gasteiger partial charge in [-0.3, -0.25) is 19.1 Å². The Morgan fingerprint density at radius 1 is 1.17 bits per heavy atom. The fourth-order valence-corrected chi connectivity index (χ4v) is 3.72. The maximum absolute atomic E-state index is 12.8. The van der Waals surface area contributed by atoms with Crippen LogP contribution < -0.4 is 21.9 Å². The number of amides is 1. The molecule has 1 aromatic carbocycles. The van der Waals surface area contributed by atoms with Gasteiger partial charge in [-0.25, -0.2) is 4.79 Å². The molecule has 2 aromatic rings. The van der Waals surface area contributed by atoms with Crippen LogP contribution >= 0.6 is 0 Å². The number of carbonyl (C=O) groups excluding carboxylic acids is 1. The molecule has 1 aliphatic heterocycles. The van der Waals surface area contributed by atoms with Crippen molar-refractivity contribution in [3.05, 3.63) is 56.7 Å². The van der Waals surface area contributed by atoms with Gasteiger partial charge in [0.05, 0.1) is 13.1 Å². The summed E-state index contributed by atoms with van der Waals surface area (Å²) in [5.74, 6) is 0.464. The minimum Gasteiger partial charge on any atom is -0.383 e. The third kappa shape index (κ3) is 5.11. The van der Waals surface area contributed by atoms with Gasteiger partial charge in [0.25, 0.3) is 5.56 Å². The Balaban J connectivity index is 1.96. The molecule has 0 radical (unpaired) electrons. The Morgan fingerprint density at radius 3 is 2.47 bits per heavy atom. The van der Waals surface area contributed by atoms with Crippen LogP contribution in [0.2, 0.25) is 0 Å². The average molecular weight is 414 g/mol. The number of hydrogen-bond donors (Lipinski definition) is 2. The van der Waals surface area contributed by atoms with E-state index in [4.69, 9.17) is 5.73 Å². The highest BCUT2D eigenvalue weighted by Gasteiger charge is 2.25. The number of anilines is 2. The molecule has 1 saturated heterocycles. The van der Waals surface area contributed by atoms with Crippen LogP contribution in [0, 0.1) is 5.92 Å². The Kier molecular flexibility index (Phi) is 6.97. The molecule has 3 N–H and O–H groups in total. The minimum absolute atomic E-state index is 0.0177. The number of nitrogen functional groups attached to an aromatic ring is 1. The standard InChI is InChI=1S/C22H31N5O3/c1-16(2)10-13-26(15-18(28)25-11-6-7-12-25)19-20(23)27(22(30)24-21(19)29)14-17-8-4-3-5-9-17/h3-5,8-9,16H,6-7,10-15,23H2,1-2H3,(H,24,29,30). The van der Waals surface area contributed by atoms with Gasteiger partial charge in [-0.15, -0.1) is 0 Å². The fraction of sp³-hybridized carbons (Fsp3) is 0.500. The molecule has 1 aliphatic rings. The number of H-pyrrole nitrogens is 1. The molecule has 162 valence electrons. The number of aromatic nitrogens is 2. The smallest absolute Gasteiger partial charge is 0.330 e. The minimum atomic E-state index is -0.556. The Morgan fingerprint density at radius 2 is 1.83 bits per heavy atom. The zero-order valence-corrected chi connectivity index (χ0v) is 17.8. The summed E-state index contributed by atoms with van der Waals surface area (Å²) in [5.41, 5.74) is 6.32. The SMILES string of the molecule is CC(C)CCN(CC(=O)N1CCCC1)c1c(N)n(Cc2ccccc2)c(=O)[nH]c1=O. The monoisotopic (exact) mass is 413 g/mol. The molecular weight excluding hydrogens is 382 g/mol. The maximum atomic E-state index is 12.8. The number of carbonyl (C=O) groups is 1. The second kappa shape index (κ2) is 9.65. The molecule has 0 atom stereocenters. The molecule has 1 aromatic heterocycles. The molecule has 1 amide bonds. The zero-order valence-electron chi connectivity index (χ0n) is 17.8. The number of benzene rings is 1. The van der Waals surface area contributed by atoms with E-state index in [9.17, 15) is 14.4 Å². The molecule has 0 aliphatic carbocycles. The number of nitrogens with one attached hydrogen (secondary N) is 1. The highest BCUT2D eigenvalue weighted by atomic mass is 16.2. The molecule has 0 spiro atoms. The lowest BCUT2D eigenvalue weighted by Crippen LogP contribution is -2.44. The molecule has 3 rings (SSSR count). The van der Waals surface area contributed by atoms with Crippen LogP contribution in [0.3, 0.4) is 0 Å². The van der Waals surface area contributed by atoms with E-state index < -0.39 is 11.2 Å². The molecule has 0 saturated carbocycles. The predicted octanol–water partition coefficient (Wildman–Crippen LogP) is 1.64. The van der Waals surface area contributed by atoms with Gasteiger partial charge in [-0.05, 0) is 30.7 Å². The van der Waals surface area contributed by atoms with Gasteiger partial charge in [-0.2, -0.15) is 0 Å². The van der Waals surface area contributed by atoms with E-state index in [2.05, 4.69) is 18.8 Å². The van der Waals surface area contributed by atoms with E-state index in [0.29, 0.717) is 12.5 Å². The summed E-state index contributed by atoms with van der Waals surface area (Å²) in [5, 5.41) is 0. The van der Waals surface area contributed by atoms with E-state index in [1.54, 1.807) is 4.90 Å². The highest BCUT2D eigenvalue weighted by Crippen LogP contribution is 2.20. The first-order valence-electron chi connectivity index (χ1n) is 10.6. The van der Waals surface area contributed by atoms with Crippen molar-refractivity contribution in [2.75, 3.05) is 36.8 Å². The number of aromatic amines is 1. The zero-order chi connectivity index (χ0) is 21.7. The molecular formula is C22H31N5O3. The number of likely N-dealkylation sites (tertiary alicyclic amines) is 1. The Bertz CT molecular complexity index is 975. The number of rotatable bonds is 8. The largest absolute Gasteiger partial charge is 0.383 e. The van der Waals surface area contributed by atoms with Crippen molar-refractivity contribution in [2.45, 2.75) is 39.7 Å². The van der Waals surface area contributed by atoms with Crippen molar-refractivity contribution < 1.29 is 4.79 Å². The van der Waals surface area contributed by atoms with E-state index in [1.165, 1.54) is 4.57 Å². The second-order valence-electron chi connectivity index (χ2n) is 8.26.